The third-order valence-electron chi connectivity index (χ3n) is 4.93. The van der Waals surface area contributed by atoms with E-state index in [-0.39, 0.29) is 29.4 Å². The highest BCUT2D eigenvalue weighted by Crippen LogP contribution is 2.24. The second kappa shape index (κ2) is 9.18. The average molecular weight is 398 g/mol. The van der Waals surface area contributed by atoms with Crippen LogP contribution in [0.15, 0.2) is 6.07 Å². The van der Waals surface area contributed by atoms with Crippen molar-refractivity contribution in [3.63, 3.8) is 0 Å². The molecule has 10 heteroatoms. The van der Waals surface area contributed by atoms with Crippen molar-refractivity contribution in [2.24, 2.45) is 5.92 Å². The molecule has 1 saturated carbocycles. The summed E-state index contributed by atoms with van der Waals surface area (Å²) in [4.78, 5) is 24.9. The molecule has 0 bridgehead atoms. The number of hydrogen-bond donors (Lipinski definition) is 3. The molecule has 1 atom stereocenters. The highest BCUT2D eigenvalue weighted by Gasteiger charge is 2.25. The van der Waals surface area contributed by atoms with Gasteiger partial charge in [-0.15, -0.1) is 10.2 Å². The Morgan fingerprint density at radius 1 is 1.30 bits per heavy atom. The first-order valence-corrected chi connectivity index (χ1v) is 9.55. The quantitative estimate of drug-likeness (QED) is 0.670. The molecule has 27 heavy (non-hydrogen) atoms. The molecule has 148 valence electrons. The number of aromatic nitrogens is 2. The van der Waals surface area contributed by atoms with Crippen LogP contribution in [-0.2, 0) is 4.74 Å². The number of nitrogens with zero attached hydrogens (tertiary/aromatic N) is 3. The van der Waals surface area contributed by atoms with E-state index in [1.165, 1.54) is 23.8 Å². The second-order valence-corrected chi connectivity index (χ2v) is 7.28. The molecule has 1 aromatic rings. The first kappa shape index (κ1) is 19.6. The Hall–Kier alpha value is -2.13. The molecule has 1 aromatic heterocycles. The van der Waals surface area contributed by atoms with Crippen LogP contribution >= 0.6 is 11.6 Å². The Bertz CT molecular complexity index is 683. The van der Waals surface area contributed by atoms with E-state index in [9.17, 15) is 9.59 Å². The van der Waals surface area contributed by atoms with Gasteiger partial charge in [0.1, 0.15) is 0 Å². The molecule has 1 aliphatic heterocycles. The van der Waals surface area contributed by atoms with Crippen molar-refractivity contribution in [3.8, 4) is 0 Å². The lowest BCUT2D eigenvalue weighted by Gasteiger charge is -2.31. The van der Waals surface area contributed by atoms with E-state index in [2.05, 4.69) is 20.8 Å². The third kappa shape index (κ3) is 5.43. The van der Waals surface area contributed by atoms with E-state index in [4.69, 9.17) is 21.4 Å². The summed E-state index contributed by atoms with van der Waals surface area (Å²) in [6, 6.07) is 1.54. The average Bonchev–Trinajstić information content (AvgIpc) is 3.18. The summed E-state index contributed by atoms with van der Waals surface area (Å²) in [5.74, 6) is 0.216. The van der Waals surface area contributed by atoms with E-state index < -0.39 is 6.09 Å². The fourth-order valence-corrected chi connectivity index (χ4v) is 3.59. The summed E-state index contributed by atoms with van der Waals surface area (Å²) >= 11 is 5.93. The Kier molecular flexibility index (Phi) is 6.68. The highest BCUT2D eigenvalue weighted by atomic mass is 35.5. The monoisotopic (exact) mass is 397 g/mol. The summed E-state index contributed by atoms with van der Waals surface area (Å²) in [6.45, 7) is 1.90. The lowest BCUT2D eigenvalue weighted by Crippen LogP contribution is -2.47. The first-order chi connectivity index (χ1) is 13.0. The predicted molar refractivity (Wildman–Crippen MR) is 99.2 cm³/mol. The van der Waals surface area contributed by atoms with Gasteiger partial charge in [0.25, 0.3) is 5.91 Å². The summed E-state index contributed by atoms with van der Waals surface area (Å²) in [5.41, 5.74) is 0.623. The Balaban J connectivity index is 1.59. The molecule has 1 aliphatic carbocycles. The van der Waals surface area contributed by atoms with Crippen LogP contribution in [0.4, 0.5) is 10.5 Å². The van der Waals surface area contributed by atoms with Gasteiger partial charge >= 0.3 is 6.09 Å². The van der Waals surface area contributed by atoms with E-state index in [0.717, 1.165) is 12.8 Å². The third-order valence-corrected chi connectivity index (χ3v) is 5.12. The van der Waals surface area contributed by atoms with Crippen LogP contribution in [-0.4, -0.2) is 71.1 Å². The number of amides is 2. The van der Waals surface area contributed by atoms with Gasteiger partial charge in [0, 0.05) is 25.7 Å². The van der Waals surface area contributed by atoms with Gasteiger partial charge in [0.05, 0.1) is 24.9 Å². The van der Waals surface area contributed by atoms with E-state index in [0.29, 0.717) is 37.8 Å². The van der Waals surface area contributed by atoms with E-state index in [1.54, 1.807) is 0 Å². The molecular formula is C17H24ClN5O4. The van der Waals surface area contributed by atoms with Crippen molar-refractivity contribution in [2.75, 3.05) is 38.1 Å². The standard InChI is InChI=1S/C17H24ClN5O4/c18-14-7-13(19-9-12-10-23(17(25)26)5-6-27-12)15(22-21-14)16(24)20-8-11-3-1-2-4-11/h7,11-12H,1-6,8-10H2,(H,19,21)(H,20,24)(H,25,26). The predicted octanol–water partition coefficient (Wildman–Crippen LogP) is 1.84. The molecule has 2 fully saturated rings. The molecule has 2 heterocycles. The maximum Gasteiger partial charge on any atom is 0.407 e. The molecule has 0 spiro atoms. The van der Waals surface area contributed by atoms with Gasteiger partial charge in [-0.3, -0.25) is 4.79 Å². The van der Waals surface area contributed by atoms with Gasteiger partial charge in [-0.25, -0.2) is 4.79 Å². The zero-order chi connectivity index (χ0) is 19.2. The lowest BCUT2D eigenvalue weighted by molar-refractivity contribution is -0.0147. The zero-order valence-corrected chi connectivity index (χ0v) is 15.7. The smallest absolute Gasteiger partial charge is 0.407 e. The van der Waals surface area contributed by atoms with Crippen molar-refractivity contribution in [1.82, 2.24) is 20.4 Å². The number of halogens is 1. The first-order valence-electron chi connectivity index (χ1n) is 9.17. The van der Waals surface area contributed by atoms with Gasteiger partial charge in [0.15, 0.2) is 10.8 Å². The number of carbonyl (C=O) groups excluding carboxylic acids is 1. The number of carbonyl (C=O) groups is 2. The van der Waals surface area contributed by atoms with Crippen LogP contribution in [0, 0.1) is 5.92 Å². The maximum atomic E-state index is 12.5. The fourth-order valence-electron chi connectivity index (χ4n) is 3.45. The molecule has 2 amide bonds. The molecule has 3 rings (SSSR count). The second-order valence-electron chi connectivity index (χ2n) is 6.89. The van der Waals surface area contributed by atoms with Crippen LogP contribution in [0.5, 0.6) is 0 Å². The number of morpholine rings is 1. The van der Waals surface area contributed by atoms with Crippen molar-refractivity contribution in [2.45, 2.75) is 31.8 Å². The molecular weight excluding hydrogens is 374 g/mol. The SMILES string of the molecule is O=C(NCC1CCCC1)c1nnc(Cl)cc1NCC1CN(C(=O)O)CCO1. The molecule has 1 saturated heterocycles. The zero-order valence-electron chi connectivity index (χ0n) is 15.0. The molecule has 9 nitrogen and oxygen atoms in total. The normalized spacial score (nSPS) is 20.5. The van der Waals surface area contributed by atoms with E-state index >= 15 is 0 Å². The summed E-state index contributed by atoms with van der Waals surface area (Å²) in [5, 5.41) is 23.0. The number of nitrogens with one attached hydrogen (secondary N) is 2. The number of hydrogen-bond acceptors (Lipinski definition) is 6. The van der Waals surface area contributed by atoms with Crippen LogP contribution in [0.1, 0.15) is 36.2 Å². The Labute approximate surface area is 162 Å². The molecule has 0 radical (unpaired) electrons. The van der Waals surface area contributed by atoms with E-state index in [1.807, 2.05) is 0 Å². The van der Waals surface area contributed by atoms with Crippen molar-refractivity contribution >= 4 is 29.3 Å². The van der Waals surface area contributed by atoms with Gasteiger partial charge in [-0.2, -0.15) is 0 Å². The summed E-state index contributed by atoms with van der Waals surface area (Å²) in [7, 11) is 0. The van der Waals surface area contributed by atoms with Gasteiger partial charge in [-0.1, -0.05) is 24.4 Å². The van der Waals surface area contributed by atoms with Gasteiger partial charge < -0.3 is 25.4 Å². The summed E-state index contributed by atoms with van der Waals surface area (Å²) in [6.07, 6.45) is 3.40. The molecule has 1 unspecified atom stereocenters. The van der Waals surface area contributed by atoms with Gasteiger partial charge in [0.2, 0.25) is 0 Å². The molecule has 0 aromatic carbocycles. The Morgan fingerprint density at radius 2 is 2.07 bits per heavy atom. The number of carboxylic acid groups (broad SMARTS) is 1. The largest absolute Gasteiger partial charge is 0.465 e. The van der Waals surface area contributed by atoms with Crippen LogP contribution in [0.2, 0.25) is 5.15 Å². The number of anilines is 1. The van der Waals surface area contributed by atoms with Crippen LogP contribution < -0.4 is 10.6 Å². The highest BCUT2D eigenvalue weighted by molar-refractivity contribution is 6.29. The number of ether oxygens (including phenoxy) is 1. The van der Waals surface area contributed by atoms with Crippen molar-refractivity contribution < 1.29 is 19.4 Å². The van der Waals surface area contributed by atoms with Crippen molar-refractivity contribution in [1.29, 1.82) is 0 Å². The Morgan fingerprint density at radius 3 is 2.81 bits per heavy atom. The molecule has 3 N–H and O–H groups in total. The summed E-state index contributed by atoms with van der Waals surface area (Å²) < 4.78 is 5.59. The minimum atomic E-state index is -0.969. The minimum absolute atomic E-state index is 0.168. The fraction of sp³-hybridized carbons (Fsp3) is 0.647. The van der Waals surface area contributed by atoms with Gasteiger partial charge in [-0.05, 0) is 18.8 Å². The lowest BCUT2D eigenvalue weighted by atomic mass is 10.1. The molecule has 2 aliphatic rings. The van der Waals surface area contributed by atoms with Crippen molar-refractivity contribution in [3.05, 3.63) is 16.9 Å². The minimum Gasteiger partial charge on any atom is -0.465 e. The number of rotatable bonds is 6. The van der Waals surface area contributed by atoms with Crippen LogP contribution in [0.25, 0.3) is 0 Å². The maximum absolute atomic E-state index is 12.5. The van der Waals surface area contributed by atoms with Crippen LogP contribution in [0.3, 0.4) is 0 Å². The topological polar surface area (TPSA) is 117 Å².